The molecule has 0 fully saturated rings. The molecule has 0 aliphatic carbocycles. The van der Waals surface area contributed by atoms with Crippen molar-refractivity contribution in [3.05, 3.63) is 61.7 Å². The van der Waals surface area contributed by atoms with Crippen LogP contribution in [0.5, 0.6) is 0 Å². The van der Waals surface area contributed by atoms with Crippen molar-refractivity contribution in [2.45, 2.75) is 13.8 Å². The van der Waals surface area contributed by atoms with Gasteiger partial charge in [-0.05, 0) is 48.0 Å². The van der Waals surface area contributed by atoms with E-state index in [0.29, 0.717) is 11.4 Å². The molecule has 0 saturated carbocycles. The van der Waals surface area contributed by atoms with Gasteiger partial charge in [0.25, 0.3) is 11.6 Å². The molecule has 21 heavy (non-hydrogen) atoms. The average Bonchev–Trinajstić information content (AvgIpc) is 2.43. The van der Waals surface area contributed by atoms with E-state index in [2.05, 4.69) is 26.2 Å². The molecule has 2 rings (SSSR count). The second-order valence-corrected chi connectivity index (χ2v) is 5.33. The van der Waals surface area contributed by atoms with Gasteiger partial charge in [0.2, 0.25) is 0 Å². The van der Waals surface area contributed by atoms with E-state index in [0.717, 1.165) is 10.2 Å². The second-order valence-electron chi connectivity index (χ2n) is 4.48. The highest BCUT2D eigenvalue weighted by atomic mass is 79.9. The SMILES string of the molecule is Cc1ccc(C(=O)Nc2ccc(Br)c(C)n2)cc1[N+](=O)[O-]. The maximum atomic E-state index is 12.1. The van der Waals surface area contributed by atoms with Crippen LogP contribution in [0, 0.1) is 24.0 Å². The first-order chi connectivity index (χ1) is 9.88. The topological polar surface area (TPSA) is 85.1 Å². The molecule has 7 heteroatoms. The maximum Gasteiger partial charge on any atom is 0.273 e. The molecule has 0 aliphatic heterocycles. The Kier molecular flexibility index (Phi) is 4.32. The normalized spacial score (nSPS) is 10.2. The van der Waals surface area contributed by atoms with Crippen molar-refractivity contribution in [2.75, 3.05) is 5.32 Å². The molecule has 1 N–H and O–H groups in total. The van der Waals surface area contributed by atoms with Crippen molar-refractivity contribution in [2.24, 2.45) is 0 Å². The van der Waals surface area contributed by atoms with E-state index in [9.17, 15) is 14.9 Å². The minimum atomic E-state index is -0.506. The fourth-order valence-electron chi connectivity index (χ4n) is 1.75. The van der Waals surface area contributed by atoms with E-state index in [-0.39, 0.29) is 11.3 Å². The molecule has 1 aromatic carbocycles. The summed E-state index contributed by atoms with van der Waals surface area (Å²) in [4.78, 5) is 26.7. The summed E-state index contributed by atoms with van der Waals surface area (Å²) in [6, 6.07) is 7.78. The molecule has 1 heterocycles. The predicted molar refractivity (Wildman–Crippen MR) is 82.5 cm³/mol. The molecule has 0 spiro atoms. The molecule has 0 atom stereocenters. The number of halogens is 1. The summed E-state index contributed by atoms with van der Waals surface area (Å²) in [5.41, 5.74) is 1.38. The number of nitro benzene ring substituents is 1. The highest BCUT2D eigenvalue weighted by Crippen LogP contribution is 2.21. The highest BCUT2D eigenvalue weighted by molar-refractivity contribution is 9.10. The number of anilines is 1. The lowest BCUT2D eigenvalue weighted by Gasteiger charge is -2.07. The number of hydrogen-bond donors (Lipinski definition) is 1. The summed E-state index contributed by atoms with van der Waals surface area (Å²) < 4.78 is 0.839. The van der Waals surface area contributed by atoms with Crippen LogP contribution < -0.4 is 5.32 Å². The van der Waals surface area contributed by atoms with Gasteiger partial charge in [-0.15, -0.1) is 0 Å². The second kappa shape index (κ2) is 6.01. The number of aryl methyl sites for hydroxylation is 2. The van der Waals surface area contributed by atoms with Crippen molar-refractivity contribution in [1.82, 2.24) is 4.98 Å². The molecule has 0 saturated heterocycles. The molecule has 1 amide bonds. The van der Waals surface area contributed by atoms with Crippen LogP contribution in [0.15, 0.2) is 34.8 Å². The Bertz CT molecular complexity index is 731. The van der Waals surface area contributed by atoms with Crippen LogP contribution in [0.1, 0.15) is 21.6 Å². The van der Waals surface area contributed by atoms with Crippen molar-refractivity contribution < 1.29 is 9.72 Å². The van der Waals surface area contributed by atoms with Gasteiger partial charge in [-0.2, -0.15) is 0 Å². The van der Waals surface area contributed by atoms with Crippen LogP contribution in [0.2, 0.25) is 0 Å². The summed E-state index contributed by atoms with van der Waals surface area (Å²) in [6.07, 6.45) is 0. The Balaban J connectivity index is 2.26. The lowest BCUT2D eigenvalue weighted by Crippen LogP contribution is -2.13. The van der Waals surface area contributed by atoms with E-state index in [1.54, 1.807) is 38.1 Å². The number of carbonyl (C=O) groups is 1. The lowest BCUT2D eigenvalue weighted by molar-refractivity contribution is -0.385. The first kappa shape index (κ1) is 15.1. The van der Waals surface area contributed by atoms with E-state index >= 15 is 0 Å². The quantitative estimate of drug-likeness (QED) is 0.677. The Morgan fingerprint density at radius 2 is 2.00 bits per heavy atom. The molecule has 108 valence electrons. The van der Waals surface area contributed by atoms with Gasteiger partial charge in [0.15, 0.2) is 0 Å². The van der Waals surface area contributed by atoms with Crippen LogP contribution in [0.25, 0.3) is 0 Å². The maximum absolute atomic E-state index is 12.1. The monoisotopic (exact) mass is 349 g/mol. The predicted octanol–water partition coefficient (Wildman–Crippen LogP) is 3.62. The first-order valence-corrected chi connectivity index (χ1v) is 6.87. The molecular formula is C14H12BrN3O3. The number of nitro groups is 1. The summed E-state index contributed by atoms with van der Waals surface area (Å²) in [5.74, 6) is -0.0451. The number of pyridine rings is 1. The number of nitrogens with zero attached hydrogens (tertiary/aromatic N) is 2. The zero-order valence-electron chi connectivity index (χ0n) is 11.4. The Hall–Kier alpha value is -2.28. The van der Waals surface area contributed by atoms with Crippen LogP contribution >= 0.6 is 15.9 Å². The first-order valence-electron chi connectivity index (χ1n) is 6.08. The number of benzene rings is 1. The van der Waals surface area contributed by atoms with Gasteiger partial charge < -0.3 is 5.32 Å². The third-order valence-corrected chi connectivity index (χ3v) is 3.77. The van der Waals surface area contributed by atoms with E-state index in [4.69, 9.17) is 0 Å². The molecule has 1 aromatic heterocycles. The van der Waals surface area contributed by atoms with Crippen LogP contribution in [0.4, 0.5) is 11.5 Å². The number of rotatable bonds is 3. The average molecular weight is 350 g/mol. The van der Waals surface area contributed by atoms with Gasteiger partial charge in [-0.25, -0.2) is 4.98 Å². The van der Waals surface area contributed by atoms with E-state index in [1.165, 1.54) is 6.07 Å². The Morgan fingerprint density at radius 3 is 2.62 bits per heavy atom. The summed E-state index contributed by atoms with van der Waals surface area (Å²) >= 11 is 3.32. The van der Waals surface area contributed by atoms with Crippen LogP contribution in [0.3, 0.4) is 0 Å². The third kappa shape index (κ3) is 3.43. The number of carbonyl (C=O) groups excluding carboxylic acids is 1. The molecule has 0 unspecified atom stereocenters. The number of aromatic nitrogens is 1. The van der Waals surface area contributed by atoms with Gasteiger partial charge in [0.05, 0.1) is 10.6 Å². The molecule has 0 bridgehead atoms. The zero-order valence-corrected chi connectivity index (χ0v) is 13.0. The number of hydrogen-bond acceptors (Lipinski definition) is 4. The van der Waals surface area contributed by atoms with Gasteiger partial charge in [0.1, 0.15) is 5.82 Å². The van der Waals surface area contributed by atoms with Gasteiger partial charge in [0, 0.05) is 21.7 Å². The van der Waals surface area contributed by atoms with Crippen LogP contribution in [-0.4, -0.2) is 15.8 Å². The summed E-state index contributed by atoms with van der Waals surface area (Å²) in [5, 5.41) is 13.5. The van der Waals surface area contributed by atoms with Crippen molar-refractivity contribution in [3.63, 3.8) is 0 Å². The van der Waals surface area contributed by atoms with Gasteiger partial charge in [-0.3, -0.25) is 14.9 Å². The minimum absolute atomic E-state index is 0.0809. The fraction of sp³-hybridized carbons (Fsp3) is 0.143. The molecule has 0 aliphatic rings. The largest absolute Gasteiger partial charge is 0.307 e. The smallest absolute Gasteiger partial charge is 0.273 e. The van der Waals surface area contributed by atoms with Gasteiger partial charge >= 0.3 is 0 Å². The molecule has 6 nitrogen and oxygen atoms in total. The summed E-state index contributed by atoms with van der Waals surface area (Å²) in [6.45, 7) is 3.43. The molecule has 2 aromatic rings. The Labute approximate surface area is 129 Å². The minimum Gasteiger partial charge on any atom is -0.307 e. The Morgan fingerprint density at radius 1 is 1.29 bits per heavy atom. The van der Waals surface area contributed by atoms with Crippen molar-refractivity contribution in [3.8, 4) is 0 Å². The zero-order chi connectivity index (χ0) is 15.6. The molecule has 0 radical (unpaired) electrons. The standard InChI is InChI=1S/C14H12BrN3O3/c1-8-3-4-10(7-12(8)18(20)21)14(19)17-13-6-5-11(15)9(2)16-13/h3-7H,1-2H3,(H,16,17,19). The lowest BCUT2D eigenvalue weighted by atomic mass is 10.1. The number of nitrogens with one attached hydrogen (secondary N) is 1. The highest BCUT2D eigenvalue weighted by Gasteiger charge is 2.15. The van der Waals surface area contributed by atoms with E-state index in [1.807, 2.05) is 0 Å². The molecular weight excluding hydrogens is 338 g/mol. The number of amides is 1. The fourth-order valence-corrected chi connectivity index (χ4v) is 1.97. The third-order valence-electron chi connectivity index (χ3n) is 2.93. The van der Waals surface area contributed by atoms with Crippen molar-refractivity contribution >= 4 is 33.3 Å². The van der Waals surface area contributed by atoms with Gasteiger partial charge in [-0.1, -0.05) is 6.07 Å². The van der Waals surface area contributed by atoms with E-state index < -0.39 is 10.8 Å². The van der Waals surface area contributed by atoms with Crippen LogP contribution in [-0.2, 0) is 0 Å². The summed E-state index contributed by atoms with van der Waals surface area (Å²) in [7, 11) is 0. The van der Waals surface area contributed by atoms with Crippen molar-refractivity contribution in [1.29, 1.82) is 0 Å².